The van der Waals surface area contributed by atoms with Gasteiger partial charge >= 0.3 is 0 Å². The molecule has 1 amide bonds. The number of amides is 1. The smallest absolute Gasteiger partial charge is 0.262 e. The van der Waals surface area contributed by atoms with Gasteiger partial charge in [-0.25, -0.2) is 0 Å². The molecule has 0 heterocycles. The number of ether oxygens (including phenoxy) is 1. The van der Waals surface area contributed by atoms with Gasteiger partial charge in [0.2, 0.25) is 0 Å². The fourth-order valence-corrected chi connectivity index (χ4v) is 2.02. The van der Waals surface area contributed by atoms with Crippen LogP contribution in [0.2, 0.25) is 0 Å². The van der Waals surface area contributed by atoms with Gasteiger partial charge in [0.25, 0.3) is 5.91 Å². The summed E-state index contributed by atoms with van der Waals surface area (Å²) >= 11 is 0. The molecule has 2 aromatic carbocycles. The quantitative estimate of drug-likeness (QED) is 0.868. The average molecular weight is 296 g/mol. The highest BCUT2D eigenvalue weighted by Gasteiger charge is 2.17. The van der Waals surface area contributed by atoms with Crippen LogP contribution in [0.25, 0.3) is 0 Å². The van der Waals surface area contributed by atoms with Crippen molar-refractivity contribution in [1.82, 2.24) is 0 Å². The molecule has 1 N–H and O–H groups in total. The predicted molar refractivity (Wildman–Crippen MR) is 89.2 cm³/mol. The van der Waals surface area contributed by atoms with E-state index in [9.17, 15) is 4.79 Å². The molecule has 1 radical (unpaired) electrons. The molecule has 0 unspecified atom stereocenters. The summed E-state index contributed by atoms with van der Waals surface area (Å²) in [5.41, 5.74) is 2.14. The van der Waals surface area contributed by atoms with Gasteiger partial charge in [0, 0.05) is 5.69 Å². The number of nitrogens with one attached hydrogen (secondary N) is 1. The third-order valence-electron chi connectivity index (χ3n) is 3.88. The highest BCUT2D eigenvalue weighted by Crippen LogP contribution is 2.27. The standard InChI is InChI=1S/C19H22NO2/c1-4-19(2,3)15-10-12-17(13-11-15)22-14-18(21)20-16-8-6-5-7-9-16/h5-6,8-13H,4,14H2,1-3H3,(H,20,21). The first-order valence-electron chi connectivity index (χ1n) is 7.50. The van der Waals surface area contributed by atoms with Gasteiger partial charge in [0.1, 0.15) is 5.75 Å². The molecule has 2 aromatic rings. The number of hydrogen-bond acceptors (Lipinski definition) is 2. The van der Waals surface area contributed by atoms with E-state index in [0.29, 0.717) is 5.75 Å². The zero-order valence-corrected chi connectivity index (χ0v) is 13.3. The Morgan fingerprint density at radius 3 is 2.55 bits per heavy atom. The minimum atomic E-state index is -0.183. The molecular formula is C19H22NO2. The van der Waals surface area contributed by atoms with Crippen LogP contribution in [0.3, 0.4) is 0 Å². The predicted octanol–water partition coefficient (Wildman–Crippen LogP) is 4.19. The number of hydrogen-bond donors (Lipinski definition) is 1. The molecule has 0 aliphatic carbocycles. The van der Waals surface area contributed by atoms with E-state index < -0.39 is 0 Å². The lowest BCUT2D eigenvalue weighted by Gasteiger charge is -2.23. The third-order valence-corrected chi connectivity index (χ3v) is 3.88. The van der Waals surface area contributed by atoms with Crippen LogP contribution in [0, 0.1) is 6.07 Å². The number of benzene rings is 2. The molecule has 0 bridgehead atoms. The maximum absolute atomic E-state index is 11.8. The first kappa shape index (κ1) is 16.1. The van der Waals surface area contributed by atoms with Crippen molar-refractivity contribution in [3.05, 3.63) is 60.2 Å². The van der Waals surface area contributed by atoms with Gasteiger partial charge < -0.3 is 10.1 Å². The summed E-state index contributed by atoms with van der Waals surface area (Å²) in [6, 6.07) is 18.0. The Balaban J connectivity index is 1.88. The van der Waals surface area contributed by atoms with Gasteiger partial charge in [0.15, 0.2) is 6.61 Å². The van der Waals surface area contributed by atoms with Crippen LogP contribution >= 0.6 is 0 Å². The van der Waals surface area contributed by atoms with E-state index >= 15 is 0 Å². The molecule has 0 fully saturated rings. The Morgan fingerprint density at radius 2 is 1.95 bits per heavy atom. The van der Waals surface area contributed by atoms with Crippen LogP contribution in [0.5, 0.6) is 5.75 Å². The largest absolute Gasteiger partial charge is 0.484 e. The molecule has 3 nitrogen and oxygen atoms in total. The van der Waals surface area contributed by atoms with Gasteiger partial charge in [-0.05, 0) is 47.7 Å². The third kappa shape index (κ3) is 4.35. The molecular weight excluding hydrogens is 274 g/mol. The Morgan fingerprint density at radius 1 is 1.23 bits per heavy atom. The van der Waals surface area contributed by atoms with Crippen LogP contribution < -0.4 is 10.1 Å². The summed E-state index contributed by atoms with van der Waals surface area (Å²) in [5.74, 6) is 0.517. The van der Waals surface area contributed by atoms with Crippen molar-refractivity contribution < 1.29 is 9.53 Å². The number of anilines is 1. The zero-order chi connectivity index (χ0) is 16.0. The molecule has 115 valence electrons. The van der Waals surface area contributed by atoms with Crippen molar-refractivity contribution in [1.29, 1.82) is 0 Å². The van der Waals surface area contributed by atoms with E-state index in [0.717, 1.165) is 12.1 Å². The van der Waals surface area contributed by atoms with Gasteiger partial charge in [-0.15, -0.1) is 0 Å². The van der Waals surface area contributed by atoms with Gasteiger partial charge in [-0.3, -0.25) is 4.79 Å². The highest BCUT2D eigenvalue weighted by molar-refractivity contribution is 5.91. The second kappa shape index (κ2) is 7.12. The van der Waals surface area contributed by atoms with Crippen LogP contribution in [-0.2, 0) is 10.2 Å². The first-order chi connectivity index (χ1) is 10.5. The SMILES string of the molecule is CCC(C)(C)c1ccc(OCC(=O)Nc2c[c]ccc2)cc1. The summed E-state index contributed by atoms with van der Waals surface area (Å²) < 4.78 is 5.52. The maximum Gasteiger partial charge on any atom is 0.262 e. The summed E-state index contributed by atoms with van der Waals surface area (Å²) in [6.07, 6.45) is 1.07. The Bertz CT molecular complexity index is 603. The van der Waals surface area contributed by atoms with Crippen molar-refractivity contribution in [2.24, 2.45) is 0 Å². The summed E-state index contributed by atoms with van der Waals surface area (Å²) in [6.45, 7) is 6.60. The average Bonchev–Trinajstić information content (AvgIpc) is 2.54. The molecule has 0 aromatic heterocycles. The monoisotopic (exact) mass is 296 g/mol. The lowest BCUT2D eigenvalue weighted by Crippen LogP contribution is -2.20. The summed E-state index contributed by atoms with van der Waals surface area (Å²) in [5, 5.41) is 2.76. The van der Waals surface area contributed by atoms with Crippen molar-refractivity contribution in [2.45, 2.75) is 32.6 Å². The Labute approximate surface area is 132 Å². The van der Waals surface area contributed by atoms with E-state index in [2.05, 4.69) is 44.3 Å². The lowest BCUT2D eigenvalue weighted by atomic mass is 9.82. The molecule has 0 atom stereocenters. The zero-order valence-electron chi connectivity index (χ0n) is 13.3. The minimum absolute atomic E-state index is 0.00852. The molecule has 0 saturated carbocycles. The molecule has 2 rings (SSSR count). The van der Waals surface area contributed by atoms with E-state index in [1.165, 1.54) is 5.56 Å². The Kier molecular flexibility index (Phi) is 5.21. The van der Waals surface area contributed by atoms with Crippen LogP contribution in [0.1, 0.15) is 32.8 Å². The second-order valence-corrected chi connectivity index (χ2v) is 5.89. The van der Waals surface area contributed by atoms with Crippen molar-refractivity contribution >= 4 is 11.6 Å². The normalized spacial score (nSPS) is 11.0. The molecule has 3 heteroatoms. The van der Waals surface area contributed by atoms with Crippen molar-refractivity contribution in [2.75, 3.05) is 11.9 Å². The van der Waals surface area contributed by atoms with Gasteiger partial charge in [-0.1, -0.05) is 45.0 Å². The molecule has 0 spiro atoms. The van der Waals surface area contributed by atoms with Crippen molar-refractivity contribution in [3.63, 3.8) is 0 Å². The second-order valence-electron chi connectivity index (χ2n) is 5.89. The molecule has 0 saturated heterocycles. The van der Waals surface area contributed by atoms with Crippen LogP contribution in [0.4, 0.5) is 5.69 Å². The van der Waals surface area contributed by atoms with Gasteiger partial charge in [0.05, 0.1) is 0 Å². The van der Waals surface area contributed by atoms with Gasteiger partial charge in [-0.2, -0.15) is 0 Å². The fraction of sp³-hybridized carbons (Fsp3) is 0.316. The van der Waals surface area contributed by atoms with E-state index in [-0.39, 0.29) is 17.9 Å². The number of carbonyl (C=O) groups excluding carboxylic acids is 1. The van der Waals surface area contributed by atoms with Crippen molar-refractivity contribution in [3.8, 4) is 5.75 Å². The topological polar surface area (TPSA) is 38.3 Å². The molecule has 22 heavy (non-hydrogen) atoms. The minimum Gasteiger partial charge on any atom is -0.484 e. The summed E-state index contributed by atoms with van der Waals surface area (Å²) in [4.78, 5) is 11.8. The molecule has 0 aliphatic rings. The van der Waals surface area contributed by atoms with Crippen LogP contribution in [0.15, 0.2) is 48.5 Å². The van der Waals surface area contributed by atoms with Crippen LogP contribution in [-0.4, -0.2) is 12.5 Å². The van der Waals surface area contributed by atoms with E-state index in [1.54, 1.807) is 12.1 Å². The fourth-order valence-electron chi connectivity index (χ4n) is 2.02. The highest BCUT2D eigenvalue weighted by atomic mass is 16.5. The summed E-state index contributed by atoms with van der Waals surface area (Å²) in [7, 11) is 0. The molecule has 0 aliphatic heterocycles. The van der Waals surface area contributed by atoms with E-state index in [4.69, 9.17) is 4.74 Å². The number of rotatable bonds is 6. The number of carbonyl (C=O) groups is 1. The lowest BCUT2D eigenvalue weighted by molar-refractivity contribution is -0.118. The maximum atomic E-state index is 11.8. The van der Waals surface area contributed by atoms with E-state index in [1.807, 2.05) is 24.3 Å². The Hall–Kier alpha value is -2.29. The first-order valence-corrected chi connectivity index (χ1v) is 7.50.